The van der Waals surface area contributed by atoms with Crippen LogP contribution in [0.25, 0.3) is 0 Å². The summed E-state index contributed by atoms with van der Waals surface area (Å²) in [7, 11) is 0. The van der Waals surface area contributed by atoms with Gasteiger partial charge in [-0.25, -0.2) is 0 Å². The number of nitrogens with one attached hydrogen (secondary N) is 2. The molecule has 0 unspecified atom stereocenters. The minimum absolute atomic E-state index is 0.0115. The molecule has 0 aliphatic heterocycles. The van der Waals surface area contributed by atoms with Crippen molar-refractivity contribution < 1.29 is 4.79 Å². The summed E-state index contributed by atoms with van der Waals surface area (Å²) < 4.78 is 1.61. The highest BCUT2D eigenvalue weighted by molar-refractivity contribution is 9.11. The van der Waals surface area contributed by atoms with Crippen molar-refractivity contribution in [3.63, 3.8) is 0 Å². The molecule has 0 radical (unpaired) electrons. The highest BCUT2D eigenvalue weighted by Gasteiger charge is 2.06. The summed E-state index contributed by atoms with van der Waals surface area (Å²) in [6.45, 7) is 0. The van der Waals surface area contributed by atoms with E-state index < -0.39 is 0 Å². The summed E-state index contributed by atoms with van der Waals surface area (Å²) in [5, 5.41) is 0.0115. The van der Waals surface area contributed by atoms with Gasteiger partial charge in [0.1, 0.15) is 0 Å². The number of benzene rings is 1. The second-order valence-corrected chi connectivity index (χ2v) is 4.87. The average molecular weight is 353 g/mol. The SMILES string of the molecule is NC(=S)NNC(=O)c1cc(Br)cc(Br)c1. The Bertz CT molecular complexity index is 391. The van der Waals surface area contributed by atoms with Gasteiger partial charge < -0.3 is 5.73 Å². The lowest BCUT2D eigenvalue weighted by atomic mass is 10.2. The number of thiocarbonyl (C=S) groups is 1. The van der Waals surface area contributed by atoms with Crippen molar-refractivity contribution in [1.82, 2.24) is 10.9 Å². The number of hydrazine groups is 1. The molecule has 1 rings (SSSR count). The third-order valence-corrected chi connectivity index (χ3v) is 2.44. The first kappa shape index (κ1) is 12.4. The normalized spacial score (nSPS) is 9.47. The van der Waals surface area contributed by atoms with E-state index in [2.05, 4.69) is 54.9 Å². The van der Waals surface area contributed by atoms with E-state index >= 15 is 0 Å². The average Bonchev–Trinajstić information content (AvgIpc) is 2.12. The lowest BCUT2D eigenvalue weighted by molar-refractivity contribution is 0.0944. The quantitative estimate of drug-likeness (QED) is 0.531. The summed E-state index contributed by atoms with van der Waals surface area (Å²) >= 11 is 11.1. The first-order valence-corrected chi connectivity index (χ1v) is 5.80. The number of amides is 1. The van der Waals surface area contributed by atoms with Crippen LogP contribution >= 0.6 is 44.1 Å². The van der Waals surface area contributed by atoms with Crippen LogP contribution in [0, 0.1) is 0 Å². The molecule has 15 heavy (non-hydrogen) atoms. The number of hydrogen-bond donors (Lipinski definition) is 3. The zero-order valence-corrected chi connectivity index (χ0v) is 11.4. The third kappa shape index (κ3) is 4.15. The maximum atomic E-state index is 11.5. The van der Waals surface area contributed by atoms with E-state index in [1.807, 2.05) is 6.07 Å². The molecule has 1 aromatic carbocycles. The summed E-state index contributed by atoms with van der Waals surface area (Å²) in [4.78, 5) is 11.5. The molecule has 0 aromatic heterocycles. The lowest BCUT2D eigenvalue weighted by Crippen LogP contribution is -2.44. The van der Waals surface area contributed by atoms with Gasteiger partial charge in [0.25, 0.3) is 5.91 Å². The van der Waals surface area contributed by atoms with Crippen LogP contribution in [0.1, 0.15) is 10.4 Å². The Morgan fingerprint density at radius 1 is 1.20 bits per heavy atom. The largest absolute Gasteiger partial charge is 0.375 e. The molecule has 0 atom stereocenters. The predicted molar refractivity (Wildman–Crippen MR) is 69.2 cm³/mol. The summed E-state index contributed by atoms with van der Waals surface area (Å²) in [5.74, 6) is -0.315. The zero-order chi connectivity index (χ0) is 11.4. The molecule has 4 nitrogen and oxygen atoms in total. The zero-order valence-electron chi connectivity index (χ0n) is 7.38. The topological polar surface area (TPSA) is 67.2 Å². The summed E-state index contributed by atoms with van der Waals surface area (Å²) in [5.41, 5.74) is 10.4. The van der Waals surface area contributed by atoms with Crippen LogP contribution in [0.2, 0.25) is 0 Å². The summed E-state index contributed by atoms with van der Waals surface area (Å²) in [6.07, 6.45) is 0. The minimum atomic E-state index is -0.315. The Morgan fingerprint density at radius 3 is 2.20 bits per heavy atom. The maximum Gasteiger partial charge on any atom is 0.269 e. The smallest absolute Gasteiger partial charge is 0.269 e. The van der Waals surface area contributed by atoms with Crippen LogP contribution in [0.3, 0.4) is 0 Å². The molecular weight excluding hydrogens is 346 g/mol. The van der Waals surface area contributed by atoms with Crippen LogP contribution in [0.5, 0.6) is 0 Å². The van der Waals surface area contributed by atoms with E-state index in [1.54, 1.807) is 12.1 Å². The van der Waals surface area contributed by atoms with Gasteiger partial charge in [-0.05, 0) is 30.4 Å². The number of halogens is 2. The molecule has 0 fully saturated rings. The van der Waals surface area contributed by atoms with E-state index in [-0.39, 0.29) is 11.0 Å². The lowest BCUT2D eigenvalue weighted by Gasteiger charge is -2.06. The Hall–Kier alpha value is -0.660. The number of nitrogens with two attached hydrogens (primary N) is 1. The second kappa shape index (κ2) is 5.43. The van der Waals surface area contributed by atoms with Crippen molar-refractivity contribution in [2.75, 3.05) is 0 Å². The van der Waals surface area contributed by atoms with Crippen molar-refractivity contribution in [3.8, 4) is 0 Å². The predicted octanol–water partition coefficient (Wildman–Crippen LogP) is 1.69. The van der Waals surface area contributed by atoms with Gasteiger partial charge in [0.15, 0.2) is 5.11 Å². The number of rotatable bonds is 1. The van der Waals surface area contributed by atoms with E-state index in [1.165, 1.54) is 0 Å². The Labute approximate surface area is 109 Å². The van der Waals surface area contributed by atoms with Gasteiger partial charge in [0.05, 0.1) is 0 Å². The minimum Gasteiger partial charge on any atom is -0.375 e. The van der Waals surface area contributed by atoms with Crippen molar-refractivity contribution in [2.24, 2.45) is 5.73 Å². The third-order valence-electron chi connectivity index (χ3n) is 1.42. The van der Waals surface area contributed by atoms with Gasteiger partial charge in [-0.15, -0.1) is 0 Å². The van der Waals surface area contributed by atoms with Gasteiger partial charge in [0.2, 0.25) is 0 Å². The molecule has 0 saturated heterocycles. The van der Waals surface area contributed by atoms with Gasteiger partial charge in [-0.2, -0.15) is 0 Å². The maximum absolute atomic E-state index is 11.5. The highest BCUT2D eigenvalue weighted by atomic mass is 79.9. The van der Waals surface area contributed by atoms with Crippen LogP contribution in [-0.2, 0) is 0 Å². The molecule has 0 spiro atoms. The Balaban J connectivity index is 2.77. The molecule has 4 N–H and O–H groups in total. The van der Waals surface area contributed by atoms with Gasteiger partial charge >= 0.3 is 0 Å². The van der Waals surface area contributed by atoms with Gasteiger partial charge in [-0.1, -0.05) is 31.9 Å². The second-order valence-electron chi connectivity index (χ2n) is 2.60. The molecule has 80 valence electrons. The standard InChI is InChI=1S/C8H7Br2N3OS/c9-5-1-4(2-6(10)3-5)7(14)12-13-8(11)15/h1-3H,(H,12,14)(H3,11,13,15). The van der Waals surface area contributed by atoms with Crippen LogP contribution in [0.15, 0.2) is 27.1 Å². The van der Waals surface area contributed by atoms with E-state index in [9.17, 15) is 4.79 Å². The van der Waals surface area contributed by atoms with Crippen molar-refractivity contribution in [2.45, 2.75) is 0 Å². The first-order chi connectivity index (χ1) is 6.99. The van der Waals surface area contributed by atoms with E-state index in [0.29, 0.717) is 5.56 Å². The number of carbonyl (C=O) groups is 1. The molecule has 0 heterocycles. The fourth-order valence-electron chi connectivity index (χ4n) is 0.875. The first-order valence-electron chi connectivity index (χ1n) is 3.81. The number of carbonyl (C=O) groups excluding carboxylic acids is 1. The van der Waals surface area contributed by atoms with Crippen LogP contribution in [0.4, 0.5) is 0 Å². The van der Waals surface area contributed by atoms with E-state index in [0.717, 1.165) is 8.95 Å². The molecule has 1 aromatic rings. The highest BCUT2D eigenvalue weighted by Crippen LogP contribution is 2.19. The Kier molecular flexibility index (Phi) is 4.49. The van der Waals surface area contributed by atoms with Crippen molar-refractivity contribution in [1.29, 1.82) is 0 Å². The van der Waals surface area contributed by atoms with Gasteiger partial charge in [-0.3, -0.25) is 15.6 Å². The molecular formula is C8H7Br2N3OS. The molecule has 0 aliphatic rings. The molecule has 7 heteroatoms. The molecule has 1 amide bonds. The Morgan fingerprint density at radius 2 is 1.73 bits per heavy atom. The van der Waals surface area contributed by atoms with Crippen molar-refractivity contribution in [3.05, 3.63) is 32.7 Å². The fraction of sp³-hybridized carbons (Fsp3) is 0. The van der Waals surface area contributed by atoms with Crippen molar-refractivity contribution >= 4 is 55.1 Å². The van der Waals surface area contributed by atoms with Crippen LogP contribution < -0.4 is 16.6 Å². The van der Waals surface area contributed by atoms with Crippen LogP contribution in [-0.4, -0.2) is 11.0 Å². The molecule has 0 aliphatic carbocycles. The van der Waals surface area contributed by atoms with E-state index in [4.69, 9.17) is 5.73 Å². The monoisotopic (exact) mass is 351 g/mol. The van der Waals surface area contributed by atoms with Gasteiger partial charge in [0, 0.05) is 14.5 Å². The molecule has 0 saturated carbocycles. The fourth-order valence-corrected chi connectivity index (χ4v) is 2.22. The number of hydrogen-bond acceptors (Lipinski definition) is 2. The summed E-state index contributed by atoms with van der Waals surface area (Å²) in [6, 6.07) is 5.19. The molecule has 0 bridgehead atoms.